The number of ketones is 1. The second-order valence-electron chi connectivity index (χ2n) is 4.36. The van der Waals surface area contributed by atoms with Gasteiger partial charge >= 0.3 is 0 Å². The Morgan fingerprint density at radius 3 is 2.70 bits per heavy atom. The fraction of sp³-hybridized carbons (Fsp3) is 0.200. The highest BCUT2D eigenvalue weighted by Gasteiger charge is 2.17. The third-order valence-electron chi connectivity index (χ3n) is 2.96. The van der Waals surface area contributed by atoms with Gasteiger partial charge in [0.2, 0.25) is 5.88 Å². The number of aromatic nitrogens is 1. The summed E-state index contributed by atoms with van der Waals surface area (Å²) >= 11 is 6.06. The number of rotatable bonds is 5. The highest BCUT2D eigenvalue weighted by molar-refractivity contribution is 6.31. The van der Waals surface area contributed by atoms with Gasteiger partial charge in [-0.3, -0.25) is 4.79 Å². The lowest BCUT2D eigenvalue weighted by Crippen LogP contribution is -2.32. The van der Waals surface area contributed by atoms with Crippen molar-refractivity contribution in [3.05, 3.63) is 58.7 Å². The topological polar surface area (TPSA) is 65.2 Å². The molecular formula is C15H15ClN2O2. The molecular weight excluding hydrogens is 276 g/mol. The number of hydrogen-bond acceptors (Lipinski definition) is 4. The van der Waals surface area contributed by atoms with E-state index in [1.807, 2.05) is 18.2 Å². The van der Waals surface area contributed by atoms with E-state index in [0.717, 1.165) is 5.56 Å². The van der Waals surface area contributed by atoms with Crippen molar-refractivity contribution in [2.45, 2.75) is 12.5 Å². The van der Waals surface area contributed by atoms with Gasteiger partial charge in [0.1, 0.15) is 0 Å². The van der Waals surface area contributed by atoms with Gasteiger partial charge in [0, 0.05) is 22.8 Å². The molecule has 5 heteroatoms. The number of benzene rings is 1. The second kappa shape index (κ2) is 6.50. The fourth-order valence-electron chi connectivity index (χ4n) is 1.85. The molecule has 0 saturated carbocycles. The molecule has 1 aromatic heterocycles. The summed E-state index contributed by atoms with van der Waals surface area (Å²) in [5, 5.41) is 0.614. The molecule has 0 fully saturated rings. The molecule has 1 atom stereocenters. The first-order valence-electron chi connectivity index (χ1n) is 6.15. The van der Waals surface area contributed by atoms with E-state index in [1.54, 1.807) is 18.2 Å². The van der Waals surface area contributed by atoms with Crippen LogP contribution in [0.5, 0.6) is 5.88 Å². The predicted octanol–water partition coefficient (Wildman–Crippen LogP) is 2.50. The molecule has 0 saturated heterocycles. The van der Waals surface area contributed by atoms with E-state index < -0.39 is 6.04 Å². The lowest BCUT2D eigenvalue weighted by molar-refractivity contribution is 0.0960. The molecule has 0 radical (unpaired) electrons. The average molecular weight is 291 g/mol. The van der Waals surface area contributed by atoms with Gasteiger partial charge < -0.3 is 10.5 Å². The molecule has 1 heterocycles. The Balaban J connectivity index is 2.10. The first kappa shape index (κ1) is 14.5. The molecule has 0 aliphatic rings. The molecule has 0 amide bonds. The molecule has 0 spiro atoms. The number of hydrogen-bond donors (Lipinski definition) is 1. The van der Waals surface area contributed by atoms with Crippen LogP contribution >= 0.6 is 11.6 Å². The van der Waals surface area contributed by atoms with Crippen molar-refractivity contribution in [2.75, 3.05) is 7.11 Å². The Morgan fingerprint density at radius 2 is 2.10 bits per heavy atom. The summed E-state index contributed by atoms with van der Waals surface area (Å²) in [6.45, 7) is 0. The lowest BCUT2D eigenvalue weighted by atomic mass is 9.99. The maximum atomic E-state index is 12.2. The summed E-state index contributed by atoms with van der Waals surface area (Å²) in [5.41, 5.74) is 7.27. The summed E-state index contributed by atoms with van der Waals surface area (Å²) in [5.74, 6) is 0.293. The van der Waals surface area contributed by atoms with E-state index in [4.69, 9.17) is 22.1 Å². The number of halogens is 1. The highest BCUT2D eigenvalue weighted by Crippen LogP contribution is 2.17. The van der Waals surface area contributed by atoms with Crippen molar-refractivity contribution < 1.29 is 9.53 Å². The quantitative estimate of drug-likeness (QED) is 0.859. The molecule has 2 aromatic rings. The number of Topliss-reactive ketones (excluding diaryl/α,β-unsaturated/α-hetero) is 1. The summed E-state index contributed by atoms with van der Waals surface area (Å²) in [6.07, 6.45) is 1.86. The first-order chi connectivity index (χ1) is 9.61. The molecule has 4 nitrogen and oxygen atoms in total. The maximum absolute atomic E-state index is 12.2. The van der Waals surface area contributed by atoms with Crippen molar-refractivity contribution in [3.8, 4) is 5.88 Å². The lowest BCUT2D eigenvalue weighted by Gasteiger charge is -2.12. The van der Waals surface area contributed by atoms with Crippen LogP contribution < -0.4 is 10.5 Å². The molecule has 0 unspecified atom stereocenters. The van der Waals surface area contributed by atoms with Crippen LogP contribution in [-0.4, -0.2) is 23.9 Å². The third kappa shape index (κ3) is 3.35. The van der Waals surface area contributed by atoms with Gasteiger partial charge in [0.15, 0.2) is 5.78 Å². The van der Waals surface area contributed by atoms with Gasteiger partial charge in [0.05, 0.1) is 13.2 Å². The van der Waals surface area contributed by atoms with Crippen molar-refractivity contribution in [1.29, 1.82) is 0 Å². The van der Waals surface area contributed by atoms with Gasteiger partial charge in [-0.25, -0.2) is 4.98 Å². The molecule has 0 bridgehead atoms. The summed E-state index contributed by atoms with van der Waals surface area (Å²) in [6, 6.07) is 9.99. The van der Waals surface area contributed by atoms with Crippen molar-refractivity contribution in [1.82, 2.24) is 4.98 Å². The van der Waals surface area contributed by atoms with Crippen LogP contribution in [0.2, 0.25) is 5.02 Å². The third-order valence-corrected chi connectivity index (χ3v) is 3.33. The Hall–Kier alpha value is -1.91. The van der Waals surface area contributed by atoms with E-state index >= 15 is 0 Å². The van der Waals surface area contributed by atoms with Crippen LogP contribution in [0.4, 0.5) is 0 Å². The van der Waals surface area contributed by atoms with Crippen molar-refractivity contribution in [3.63, 3.8) is 0 Å². The molecule has 0 aliphatic heterocycles. The summed E-state index contributed by atoms with van der Waals surface area (Å²) in [4.78, 5) is 16.2. The van der Waals surface area contributed by atoms with Gasteiger partial charge in [0.25, 0.3) is 0 Å². The number of methoxy groups -OCH3 is 1. The number of carbonyl (C=O) groups excluding carboxylic acids is 1. The number of pyridine rings is 1. The first-order valence-corrected chi connectivity index (χ1v) is 6.53. The smallest absolute Gasteiger partial charge is 0.212 e. The molecule has 20 heavy (non-hydrogen) atoms. The van der Waals surface area contributed by atoms with Crippen LogP contribution in [0.15, 0.2) is 42.6 Å². The van der Waals surface area contributed by atoms with E-state index in [9.17, 15) is 4.79 Å². The second-order valence-corrected chi connectivity index (χ2v) is 4.76. The Kier molecular flexibility index (Phi) is 4.71. The van der Waals surface area contributed by atoms with Gasteiger partial charge in [-0.05, 0) is 24.1 Å². The SMILES string of the molecule is COc1ccc(C(=O)[C@@H](N)Cc2ccccc2Cl)cn1. The Morgan fingerprint density at radius 1 is 1.35 bits per heavy atom. The van der Waals surface area contributed by atoms with Gasteiger partial charge in [-0.1, -0.05) is 29.8 Å². The maximum Gasteiger partial charge on any atom is 0.212 e. The number of carbonyl (C=O) groups is 1. The predicted molar refractivity (Wildman–Crippen MR) is 78.3 cm³/mol. The minimum absolute atomic E-state index is 0.167. The largest absolute Gasteiger partial charge is 0.481 e. The Bertz CT molecular complexity index is 599. The highest BCUT2D eigenvalue weighted by atomic mass is 35.5. The van der Waals surface area contributed by atoms with E-state index in [0.29, 0.717) is 22.9 Å². The number of ether oxygens (including phenoxy) is 1. The van der Waals surface area contributed by atoms with Crippen LogP contribution in [-0.2, 0) is 6.42 Å². The number of nitrogens with two attached hydrogens (primary N) is 1. The summed E-state index contributed by atoms with van der Waals surface area (Å²) in [7, 11) is 1.52. The fourth-order valence-corrected chi connectivity index (χ4v) is 2.07. The van der Waals surface area contributed by atoms with Crippen molar-refractivity contribution in [2.24, 2.45) is 5.73 Å². The normalized spacial score (nSPS) is 11.9. The molecule has 1 aromatic carbocycles. The van der Waals surface area contributed by atoms with Crippen LogP contribution in [0.3, 0.4) is 0 Å². The van der Waals surface area contributed by atoms with Crippen LogP contribution in [0.1, 0.15) is 15.9 Å². The number of nitrogens with zero attached hydrogens (tertiary/aromatic N) is 1. The monoisotopic (exact) mass is 290 g/mol. The zero-order valence-electron chi connectivity index (χ0n) is 11.0. The molecule has 2 N–H and O–H groups in total. The zero-order valence-corrected chi connectivity index (χ0v) is 11.8. The standard InChI is InChI=1S/C15H15ClN2O2/c1-20-14-7-6-11(9-18-14)15(19)13(17)8-10-4-2-3-5-12(10)16/h2-7,9,13H,8,17H2,1H3/t13-/m0/s1. The van der Waals surface area contributed by atoms with Crippen LogP contribution in [0.25, 0.3) is 0 Å². The molecule has 104 valence electrons. The molecule has 2 rings (SSSR count). The van der Waals surface area contributed by atoms with Gasteiger partial charge in [-0.2, -0.15) is 0 Å². The van der Waals surface area contributed by atoms with E-state index in [-0.39, 0.29) is 5.78 Å². The molecule has 0 aliphatic carbocycles. The zero-order chi connectivity index (χ0) is 14.5. The van der Waals surface area contributed by atoms with E-state index in [2.05, 4.69) is 4.98 Å². The minimum atomic E-state index is -0.648. The minimum Gasteiger partial charge on any atom is -0.481 e. The average Bonchev–Trinajstić information content (AvgIpc) is 2.49. The van der Waals surface area contributed by atoms with Crippen LogP contribution in [0, 0.1) is 0 Å². The van der Waals surface area contributed by atoms with E-state index in [1.165, 1.54) is 13.3 Å². The van der Waals surface area contributed by atoms with Crippen molar-refractivity contribution >= 4 is 17.4 Å². The Labute approximate surface area is 122 Å². The van der Waals surface area contributed by atoms with Gasteiger partial charge in [-0.15, -0.1) is 0 Å². The summed E-state index contributed by atoms with van der Waals surface area (Å²) < 4.78 is 4.95.